The molecule has 5 heteroatoms. The molecule has 0 spiro atoms. The molecule has 1 amide bonds. The van der Waals surface area contributed by atoms with Crippen LogP contribution in [-0.4, -0.2) is 43.6 Å². The molecule has 1 aromatic rings. The van der Waals surface area contributed by atoms with E-state index in [4.69, 9.17) is 4.74 Å². The maximum Gasteiger partial charge on any atom is 0.260 e. The molecule has 0 atom stereocenters. The van der Waals surface area contributed by atoms with Gasteiger partial charge in [-0.2, -0.15) is 0 Å². The Bertz CT molecular complexity index is 380. The van der Waals surface area contributed by atoms with Gasteiger partial charge in [0.15, 0.2) is 6.61 Å². The minimum Gasteiger partial charge on any atom is -0.484 e. The predicted molar refractivity (Wildman–Crippen MR) is 77.8 cm³/mol. The van der Waals surface area contributed by atoms with Crippen molar-refractivity contribution in [2.24, 2.45) is 0 Å². The minimum atomic E-state index is 0. The third kappa shape index (κ3) is 4.73. The van der Waals surface area contributed by atoms with Gasteiger partial charge in [-0.1, -0.05) is 18.2 Å². The molecule has 1 N–H and O–H groups in total. The van der Waals surface area contributed by atoms with Crippen LogP contribution in [0, 0.1) is 0 Å². The summed E-state index contributed by atoms with van der Waals surface area (Å²) in [5.74, 6) is 0.787. The van der Waals surface area contributed by atoms with Gasteiger partial charge in [0.25, 0.3) is 5.91 Å². The molecule has 0 aromatic heterocycles. The molecular formula is C14H21ClN2O2. The van der Waals surface area contributed by atoms with Crippen molar-refractivity contribution in [2.45, 2.75) is 18.9 Å². The summed E-state index contributed by atoms with van der Waals surface area (Å²) >= 11 is 0. The maximum absolute atomic E-state index is 12.0. The Labute approximate surface area is 120 Å². The van der Waals surface area contributed by atoms with Crippen molar-refractivity contribution in [2.75, 3.05) is 26.7 Å². The SMILES string of the molecule is CN(C(=O)COc1ccccc1)C1CCNCC1.Cl. The van der Waals surface area contributed by atoms with E-state index in [1.54, 1.807) is 0 Å². The van der Waals surface area contributed by atoms with Crippen LogP contribution in [-0.2, 0) is 4.79 Å². The monoisotopic (exact) mass is 284 g/mol. The van der Waals surface area contributed by atoms with E-state index in [9.17, 15) is 4.79 Å². The Morgan fingerprint density at radius 3 is 2.58 bits per heavy atom. The molecule has 1 aliphatic heterocycles. The van der Waals surface area contributed by atoms with E-state index in [0.717, 1.165) is 31.7 Å². The van der Waals surface area contributed by atoms with Crippen molar-refractivity contribution in [3.63, 3.8) is 0 Å². The smallest absolute Gasteiger partial charge is 0.260 e. The zero-order valence-corrected chi connectivity index (χ0v) is 12.0. The van der Waals surface area contributed by atoms with Crippen LogP contribution >= 0.6 is 12.4 Å². The summed E-state index contributed by atoms with van der Waals surface area (Å²) in [6.45, 7) is 2.09. The van der Waals surface area contributed by atoms with Gasteiger partial charge in [0.05, 0.1) is 0 Å². The van der Waals surface area contributed by atoms with Crippen molar-refractivity contribution < 1.29 is 9.53 Å². The van der Waals surface area contributed by atoms with E-state index in [1.807, 2.05) is 42.3 Å². The first-order chi connectivity index (χ1) is 8.77. The highest BCUT2D eigenvalue weighted by molar-refractivity contribution is 5.85. The fourth-order valence-electron chi connectivity index (χ4n) is 2.16. The lowest BCUT2D eigenvalue weighted by molar-refractivity contribution is -0.134. The second kappa shape index (κ2) is 8.02. The molecule has 4 nitrogen and oxygen atoms in total. The van der Waals surface area contributed by atoms with Gasteiger partial charge in [0, 0.05) is 13.1 Å². The molecule has 0 bridgehead atoms. The van der Waals surface area contributed by atoms with Gasteiger partial charge in [-0.3, -0.25) is 4.79 Å². The lowest BCUT2D eigenvalue weighted by atomic mass is 10.1. The predicted octanol–water partition coefficient (Wildman–Crippen LogP) is 1.70. The number of para-hydroxylation sites is 1. The topological polar surface area (TPSA) is 41.6 Å². The lowest BCUT2D eigenvalue weighted by Crippen LogP contribution is -2.45. The number of carbonyl (C=O) groups is 1. The van der Waals surface area contributed by atoms with Gasteiger partial charge in [-0.05, 0) is 38.1 Å². The number of rotatable bonds is 4. The molecule has 0 unspecified atom stereocenters. The first kappa shape index (κ1) is 15.8. The van der Waals surface area contributed by atoms with Crippen molar-refractivity contribution in [3.8, 4) is 5.75 Å². The number of hydrogen-bond donors (Lipinski definition) is 1. The number of carbonyl (C=O) groups excluding carboxylic acids is 1. The third-order valence-electron chi connectivity index (χ3n) is 3.36. The van der Waals surface area contributed by atoms with Crippen LogP contribution in [0.1, 0.15) is 12.8 Å². The summed E-state index contributed by atoms with van der Waals surface area (Å²) in [6, 6.07) is 9.79. The maximum atomic E-state index is 12.0. The van der Waals surface area contributed by atoms with E-state index in [-0.39, 0.29) is 24.9 Å². The van der Waals surface area contributed by atoms with Gasteiger partial charge >= 0.3 is 0 Å². The van der Waals surface area contributed by atoms with Crippen LogP contribution < -0.4 is 10.1 Å². The second-order valence-electron chi connectivity index (χ2n) is 4.59. The fourth-order valence-corrected chi connectivity index (χ4v) is 2.16. The number of ether oxygens (including phenoxy) is 1. The Morgan fingerprint density at radius 2 is 1.95 bits per heavy atom. The van der Waals surface area contributed by atoms with E-state index in [1.165, 1.54) is 0 Å². The molecule has 1 saturated heterocycles. The third-order valence-corrected chi connectivity index (χ3v) is 3.36. The number of nitrogens with one attached hydrogen (secondary N) is 1. The van der Waals surface area contributed by atoms with Crippen molar-refractivity contribution in [1.82, 2.24) is 10.2 Å². The zero-order chi connectivity index (χ0) is 12.8. The van der Waals surface area contributed by atoms with Crippen LogP contribution in [0.15, 0.2) is 30.3 Å². The Kier molecular flexibility index (Phi) is 6.67. The average Bonchev–Trinajstić information content (AvgIpc) is 2.46. The summed E-state index contributed by atoms with van der Waals surface area (Å²) in [6.07, 6.45) is 2.04. The largest absolute Gasteiger partial charge is 0.484 e. The van der Waals surface area contributed by atoms with Crippen LogP contribution in [0.2, 0.25) is 0 Å². The van der Waals surface area contributed by atoms with Crippen LogP contribution in [0.3, 0.4) is 0 Å². The highest BCUT2D eigenvalue weighted by Crippen LogP contribution is 2.12. The highest BCUT2D eigenvalue weighted by Gasteiger charge is 2.21. The quantitative estimate of drug-likeness (QED) is 0.915. The highest BCUT2D eigenvalue weighted by atomic mass is 35.5. The summed E-state index contributed by atoms with van der Waals surface area (Å²) in [5.41, 5.74) is 0. The van der Waals surface area contributed by atoms with Gasteiger partial charge in [-0.15, -0.1) is 12.4 Å². The summed E-state index contributed by atoms with van der Waals surface area (Å²) in [7, 11) is 1.87. The number of piperidine rings is 1. The number of hydrogen-bond acceptors (Lipinski definition) is 3. The van der Waals surface area contributed by atoms with Crippen LogP contribution in [0.5, 0.6) is 5.75 Å². The van der Waals surface area contributed by atoms with Gasteiger partial charge in [0.1, 0.15) is 5.75 Å². The fraction of sp³-hybridized carbons (Fsp3) is 0.500. The Balaban J connectivity index is 0.00000180. The molecule has 106 valence electrons. The average molecular weight is 285 g/mol. The second-order valence-corrected chi connectivity index (χ2v) is 4.59. The van der Waals surface area contributed by atoms with Crippen LogP contribution in [0.4, 0.5) is 0 Å². The van der Waals surface area contributed by atoms with E-state index >= 15 is 0 Å². The van der Waals surface area contributed by atoms with Crippen molar-refractivity contribution in [1.29, 1.82) is 0 Å². The zero-order valence-electron chi connectivity index (χ0n) is 11.2. The number of likely N-dealkylation sites (N-methyl/N-ethyl adjacent to an activating group) is 1. The molecule has 1 heterocycles. The van der Waals surface area contributed by atoms with E-state index in [2.05, 4.69) is 5.32 Å². The summed E-state index contributed by atoms with van der Waals surface area (Å²) < 4.78 is 5.47. The molecule has 0 saturated carbocycles. The number of benzene rings is 1. The molecule has 1 fully saturated rings. The van der Waals surface area contributed by atoms with Crippen molar-refractivity contribution >= 4 is 18.3 Å². The van der Waals surface area contributed by atoms with Gasteiger partial charge < -0.3 is 15.0 Å². The number of amides is 1. The summed E-state index contributed by atoms with van der Waals surface area (Å²) in [5, 5.41) is 3.30. The first-order valence-corrected chi connectivity index (χ1v) is 6.41. The number of nitrogens with zero attached hydrogens (tertiary/aromatic N) is 1. The van der Waals surface area contributed by atoms with E-state index in [0.29, 0.717) is 6.04 Å². The normalized spacial score (nSPS) is 15.4. The molecular weight excluding hydrogens is 264 g/mol. The minimum absolute atomic E-state index is 0. The summed E-state index contributed by atoms with van der Waals surface area (Å²) in [4.78, 5) is 13.8. The molecule has 19 heavy (non-hydrogen) atoms. The molecule has 1 aliphatic rings. The molecule has 0 radical (unpaired) electrons. The Hall–Kier alpha value is -1.26. The first-order valence-electron chi connectivity index (χ1n) is 6.41. The van der Waals surface area contributed by atoms with Gasteiger partial charge in [0.2, 0.25) is 0 Å². The van der Waals surface area contributed by atoms with Crippen molar-refractivity contribution in [3.05, 3.63) is 30.3 Å². The number of halogens is 1. The molecule has 1 aromatic carbocycles. The standard InChI is InChI=1S/C14H20N2O2.ClH/c1-16(12-7-9-15-10-8-12)14(17)11-18-13-5-3-2-4-6-13;/h2-6,12,15H,7-11H2,1H3;1H. The van der Waals surface area contributed by atoms with Crippen LogP contribution in [0.25, 0.3) is 0 Å². The lowest BCUT2D eigenvalue weighted by Gasteiger charge is -2.31. The molecule has 0 aliphatic carbocycles. The van der Waals surface area contributed by atoms with Gasteiger partial charge in [-0.25, -0.2) is 0 Å². The Morgan fingerprint density at radius 1 is 1.32 bits per heavy atom. The van der Waals surface area contributed by atoms with E-state index < -0.39 is 0 Å². The molecule has 2 rings (SSSR count).